The fourth-order valence-corrected chi connectivity index (χ4v) is 1.26. The van der Waals surface area contributed by atoms with Crippen molar-refractivity contribution in [3.05, 3.63) is 24.2 Å². The van der Waals surface area contributed by atoms with E-state index < -0.39 is 0 Å². The normalized spacial score (nSPS) is 10.6. The van der Waals surface area contributed by atoms with Crippen molar-refractivity contribution >= 4 is 5.91 Å². The summed E-state index contributed by atoms with van der Waals surface area (Å²) in [6, 6.07) is 1.88. The van der Waals surface area contributed by atoms with Gasteiger partial charge in [-0.05, 0) is 13.1 Å². The van der Waals surface area contributed by atoms with E-state index in [0.717, 1.165) is 5.56 Å². The second-order valence-electron chi connectivity index (χ2n) is 3.44. The summed E-state index contributed by atoms with van der Waals surface area (Å²) in [7, 11) is 1.88. The molecule has 1 aromatic rings. The maximum Gasteiger partial charge on any atom is 0.234 e. The maximum absolute atomic E-state index is 11.3. The van der Waals surface area contributed by atoms with Gasteiger partial charge in [0.15, 0.2) is 0 Å². The zero-order valence-corrected chi connectivity index (χ0v) is 8.90. The molecule has 0 bridgehead atoms. The van der Waals surface area contributed by atoms with E-state index in [4.69, 9.17) is 10.2 Å². The summed E-state index contributed by atoms with van der Waals surface area (Å²) in [5, 5.41) is 2.71. The van der Waals surface area contributed by atoms with Crippen LogP contribution in [0.25, 0.3) is 0 Å². The molecule has 3 N–H and O–H groups in total. The molecule has 15 heavy (non-hydrogen) atoms. The lowest BCUT2D eigenvalue weighted by molar-refractivity contribution is -0.122. The van der Waals surface area contributed by atoms with Crippen LogP contribution in [0.1, 0.15) is 5.56 Å². The molecule has 0 unspecified atom stereocenters. The van der Waals surface area contributed by atoms with Gasteiger partial charge in [0.1, 0.15) is 0 Å². The van der Waals surface area contributed by atoms with Crippen molar-refractivity contribution in [3.8, 4) is 0 Å². The molecule has 0 aliphatic heterocycles. The van der Waals surface area contributed by atoms with E-state index in [1.54, 1.807) is 12.5 Å². The molecule has 0 fully saturated rings. The number of nitrogens with two attached hydrogens (primary N) is 1. The number of amides is 1. The van der Waals surface area contributed by atoms with Gasteiger partial charge >= 0.3 is 0 Å². The molecule has 0 atom stereocenters. The minimum absolute atomic E-state index is 0.00792. The highest BCUT2D eigenvalue weighted by atomic mass is 16.3. The van der Waals surface area contributed by atoms with Crippen LogP contribution in [0.2, 0.25) is 0 Å². The zero-order valence-electron chi connectivity index (χ0n) is 8.90. The van der Waals surface area contributed by atoms with Gasteiger partial charge in [-0.1, -0.05) is 0 Å². The SMILES string of the molecule is CN(CC(=O)NCCN)Cc1ccoc1. The molecule has 0 saturated carbocycles. The minimum Gasteiger partial charge on any atom is -0.472 e. The Labute approximate surface area is 89.2 Å². The van der Waals surface area contributed by atoms with Crippen LogP contribution in [0, 0.1) is 0 Å². The Bertz CT molecular complexity index is 285. The van der Waals surface area contributed by atoms with Crippen molar-refractivity contribution in [2.24, 2.45) is 5.73 Å². The van der Waals surface area contributed by atoms with Crippen molar-refractivity contribution < 1.29 is 9.21 Å². The first-order chi connectivity index (χ1) is 7.22. The average Bonchev–Trinajstić information content (AvgIpc) is 2.67. The third kappa shape index (κ3) is 4.62. The molecule has 1 rings (SSSR count). The highest BCUT2D eigenvalue weighted by Crippen LogP contribution is 2.02. The molecule has 5 heteroatoms. The molecular formula is C10H17N3O2. The van der Waals surface area contributed by atoms with E-state index in [1.165, 1.54) is 0 Å². The largest absolute Gasteiger partial charge is 0.472 e. The summed E-state index contributed by atoms with van der Waals surface area (Å²) in [6.07, 6.45) is 3.30. The Morgan fingerprint density at radius 2 is 2.47 bits per heavy atom. The van der Waals surface area contributed by atoms with Crippen molar-refractivity contribution in [1.29, 1.82) is 0 Å². The van der Waals surface area contributed by atoms with Crippen LogP contribution in [-0.2, 0) is 11.3 Å². The average molecular weight is 211 g/mol. The molecule has 0 spiro atoms. The summed E-state index contributed by atoms with van der Waals surface area (Å²) in [4.78, 5) is 13.2. The molecule has 84 valence electrons. The predicted octanol–water partition coefficient (Wildman–Crippen LogP) is -0.214. The molecule has 0 saturated heterocycles. The van der Waals surface area contributed by atoms with Crippen LogP contribution < -0.4 is 11.1 Å². The van der Waals surface area contributed by atoms with Gasteiger partial charge < -0.3 is 15.5 Å². The summed E-state index contributed by atoms with van der Waals surface area (Å²) >= 11 is 0. The highest BCUT2D eigenvalue weighted by molar-refractivity contribution is 5.77. The Balaban J connectivity index is 2.23. The summed E-state index contributed by atoms with van der Waals surface area (Å²) in [6.45, 7) is 2.06. The van der Waals surface area contributed by atoms with E-state index in [1.807, 2.05) is 18.0 Å². The van der Waals surface area contributed by atoms with Crippen molar-refractivity contribution in [2.75, 3.05) is 26.7 Å². The number of rotatable bonds is 6. The smallest absolute Gasteiger partial charge is 0.234 e. The number of hydrogen-bond donors (Lipinski definition) is 2. The third-order valence-electron chi connectivity index (χ3n) is 1.91. The minimum atomic E-state index is -0.00792. The fraction of sp³-hybridized carbons (Fsp3) is 0.500. The van der Waals surface area contributed by atoms with Crippen LogP contribution in [-0.4, -0.2) is 37.5 Å². The number of nitrogens with zero attached hydrogens (tertiary/aromatic N) is 1. The fourth-order valence-electron chi connectivity index (χ4n) is 1.26. The van der Waals surface area contributed by atoms with Crippen molar-refractivity contribution in [2.45, 2.75) is 6.54 Å². The van der Waals surface area contributed by atoms with Gasteiger partial charge in [0.2, 0.25) is 5.91 Å². The van der Waals surface area contributed by atoms with Gasteiger partial charge in [0, 0.05) is 25.2 Å². The molecule has 0 aliphatic rings. The van der Waals surface area contributed by atoms with Crippen LogP contribution in [0.5, 0.6) is 0 Å². The van der Waals surface area contributed by atoms with Crippen LogP contribution >= 0.6 is 0 Å². The van der Waals surface area contributed by atoms with Crippen LogP contribution in [0.15, 0.2) is 23.0 Å². The van der Waals surface area contributed by atoms with E-state index in [0.29, 0.717) is 26.2 Å². The summed E-state index contributed by atoms with van der Waals surface area (Å²) < 4.78 is 4.94. The third-order valence-corrected chi connectivity index (χ3v) is 1.91. The van der Waals surface area contributed by atoms with Gasteiger partial charge in [-0.2, -0.15) is 0 Å². The molecule has 0 radical (unpaired) electrons. The van der Waals surface area contributed by atoms with Crippen LogP contribution in [0.4, 0.5) is 0 Å². The number of hydrogen-bond acceptors (Lipinski definition) is 4. The summed E-state index contributed by atoms with van der Waals surface area (Å²) in [5.41, 5.74) is 6.34. The first-order valence-electron chi connectivity index (χ1n) is 4.88. The lowest BCUT2D eigenvalue weighted by Gasteiger charge is -2.14. The zero-order chi connectivity index (χ0) is 11.1. The molecular weight excluding hydrogens is 194 g/mol. The molecule has 5 nitrogen and oxygen atoms in total. The predicted molar refractivity (Wildman–Crippen MR) is 57.1 cm³/mol. The molecule has 1 aromatic heterocycles. The highest BCUT2D eigenvalue weighted by Gasteiger charge is 2.06. The van der Waals surface area contributed by atoms with Gasteiger partial charge in [-0.15, -0.1) is 0 Å². The molecule has 1 amide bonds. The van der Waals surface area contributed by atoms with Gasteiger partial charge in [-0.3, -0.25) is 9.69 Å². The number of nitrogens with one attached hydrogen (secondary N) is 1. The Morgan fingerprint density at radius 1 is 1.67 bits per heavy atom. The standard InChI is InChI=1S/C10H17N3O2/c1-13(6-9-2-5-15-8-9)7-10(14)12-4-3-11/h2,5,8H,3-4,6-7,11H2,1H3,(H,12,14). The van der Waals surface area contributed by atoms with Crippen LogP contribution in [0.3, 0.4) is 0 Å². The number of likely N-dealkylation sites (N-methyl/N-ethyl adjacent to an activating group) is 1. The number of furan rings is 1. The maximum atomic E-state index is 11.3. The number of carbonyl (C=O) groups excluding carboxylic acids is 1. The monoisotopic (exact) mass is 211 g/mol. The number of carbonyl (C=O) groups is 1. The van der Waals surface area contributed by atoms with E-state index in [9.17, 15) is 4.79 Å². The quantitative estimate of drug-likeness (QED) is 0.682. The van der Waals surface area contributed by atoms with Gasteiger partial charge in [-0.25, -0.2) is 0 Å². The Morgan fingerprint density at radius 3 is 3.07 bits per heavy atom. The lowest BCUT2D eigenvalue weighted by Crippen LogP contribution is -2.37. The Hall–Kier alpha value is -1.33. The van der Waals surface area contributed by atoms with Crippen molar-refractivity contribution in [1.82, 2.24) is 10.2 Å². The first kappa shape index (κ1) is 11.7. The molecule has 0 aromatic carbocycles. The summed E-state index contributed by atoms with van der Waals surface area (Å²) in [5.74, 6) is -0.00792. The van der Waals surface area contributed by atoms with E-state index >= 15 is 0 Å². The Kier molecular flexibility index (Phi) is 4.86. The van der Waals surface area contributed by atoms with Crippen molar-refractivity contribution in [3.63, 3.8) is 0 Å². The van der Waals surface area contributed by atoms with E-state index in [2.05, 4.69) is 5.32 Å². The molecule has 1 heterocycles. The first-order valence-corrected chi connectivity index (χ1v) is 4.88. The van der Waals surface area contributed by atoms with Gasteiger partial charge in [0.05, 0.1) is 19.1 Å². The van der Waals surface area contributed by atoms with Gasteiger partial charge in [0.25, 0.3) is 0 Å². The lowest BCUT2D eigenvalue weighted by atomic mass is 10.3. The topological polar surface area (TPSA) is 71.5 Å². The van der Waals surface area contributed by atoms with E-state index in [-0.39, 0.29) is 5.91 Å². The second-order valence-corrected chi connectivity index (χ2v) is 3.44. The molecule has 0 aliphatic carbocycles. The second kappa shape index (κ2) is 6.21.